The van der Waals surface area contributed by atoms with E-state index in [0.717, 1.165) is 17.4 Å². The molecule has 0 aliphatic carbocycles. The Labute approximate surface area is 144 Å². The third kappa shape index (κ3) is 3.21. The summed E-state index contributed by atoms with van der Waals surface area (Å²) in [6.45, 7) is 0.755. The van der Waals surface area contributed by atoms with Gasteiger partial charge in [-0.3, -0.25) is 0 Å². The largest absolute Gasteiger partial charge is 0.437 e. The van der Waals surface area contributed by atoms with Gasteiger partial charge in [0.25, 0.3) is 0 Å². The topological polar surface area (TPSA) is 89.5 Å². The molecule has 3 rings (SSSR count). The molecule has 0 unspecified atom stereocenters. The third-order valence-electron chi connectivity index (χ3n) is 3.83. The van der Waals surface area contributed by atoms with Gasteiger partial charge in [-0.05, 0) is 18.2 Å². The second-order valence-electron chi connectivity index (χ2n) is 5.43. The van der Waals surface area contributed by atoms with Crippen molar-refractivity contribution in [3.8, 4) is 12.1 Å². The Kier molecular flexibility index (Phi) is 4.23. The maximum Gasteiger partial charge on any atom is 0.437 e. The zero-order valence-electron chi connectivity index (χ0n) is 12.4. The Morgan fingerprint density at radius 2 is 1.92 bits per heavy atom. The molecule has 1 saturated heterocycles. The summed E-state index contributed by atoms with van der Waals surface area (Å²) in [5.41, 5.74) is -2.00. The van der Waals surface area contributed by atoms with Gasteiger partial charge in [-0.25, -0.2) is 4.79 Å². The Bertz CT molecular complexity index is 837. The van der Waals surface area contributed by atoms with Gasteiger partial charge in [-0.1, -0.05) is 5.16 Å². The molecule has 128 valence electrons. The van der Waals surface area contributed by atoms with Crippen molar-refractivity contribution >= 4 is 34.1 Å². The summed E-state index contributed by atoms with van der Waals surface area (Å²) in [5.74, 6) is -1.98. The van der Waals surface area contributed by atoms with Crippen LogP contribution >= 0.6 is 11.3 Å². The molecule has 0 N–H and O–H groups in total. The molecule has 1 fully saturated rings. The first-order valence-corrected chi connectivity index (χ1v) is 7.87. The fourth-order valence-corrected chi connectivity index (χ4v) is 3.56. The van der Waals surface area contributed by atoms with Crippen molar-refractivity contribution in [3.05, 3.63) is 22.6 Å². The van der Waals surface area contributed by atoms with Gasteiger partial charge in [0.2, 0.25) is 0 Å². The molecule has 0 amide bonds. The van der Waals surface area contributed by atoms with Crippen LogP contribution in [0.15, 0.2) is 22.9 Å². The van der Waals surface area contributed by atoms with Crippen LogP contribution < -0.4 is 4.90 Å². The first-order valence-electron chi connectivity index (χ1n) is 7.06. The highest BCUT2D eigenvalue weighted by molar-refractivity contribution is 7.17. The number of carbonyl (C=O) groups excluding carboxylic acids is 1. The molecular weight excluding hydrogens is 357 g/mol. The monoisotopic (exact) mass is 366 g/mol. The molecule has 0 bridgehead atoms. The normalized spacial score (nSPS) is 24.8. The summed E-state index contributed by atoms with van der Waals surface area (Å²) in [4.78, 5) is 17.8. The Balaban J connectivity index is 1.83. The maximum absolute atomic E-state index is 12.8. The lowest BCUT2D eigenvalue weighted by molar-refractivity contribution is -0.136. The zero-order chi connectivity index (χ0) is 18.2. The summed E-state index contributed by atoms with van der Waals surface area (Å²) < 4.78 is 38.5. The van der Waals surface area contributed by atoms with E-state index in [-0.39, 0.29) is 0 Å². The Morgan fingerprint density at radius 3 is 2.48 bits per heavy atom. The molecule has 25 heavy (non-hydrogen) atoms. The van der Waals surface area contributed by atoms with Crippen LogP contribution in [0.5, 0.6) is 0 Å². The second kappa shape index (κ2) is 6.22. The molecule has 1 aromatic heterocycles. The van der Waals surface area contributed by atoms with Crippen LogP contribution in [0, 0.1) is 34.5 Å². The van der Waals surface area contributed by atoms with E-state index < -0.39 is 35.3 Å². The molecule has 0 saturated carbocycles. The van der Waals surface area contributed by atoms with Crippen LogP contribution in [0.3, 0.4) is 0 Å². The van der Waals surface area contributed by atoms with Crippen LogP contribution in [0.25, 0.3) is 6.08 Å². The average Bonchev–Trinajstić information content (AvgIpc) is 3.25. The van der Waals surface area contributed by atoms with Crippen molar-refractivity contribution < 1.29 is 22.8 Å². The predicted octanol–water partition coefficient (Wildman–Crippen LogP) is 2.71. The third-order valence-corrected chi connectivity index (χ3v) is 4.92. The predicted molar refractivity (Wildman–Crippen MR) is 82.3 cm³/mol. The lowest BCUT2D eigenvalue weighted by atomic mass is 10.00. The summed E-state index contributed by atoms with van der Waals surface area (Å²) in [5, 5.41) is 21.6. The van der Waals surface area contributed by atoms with Gasteiger partial charge in [-0.15, -0.1) is 11.3 Å². The molecule has 0 aromatic carbocycles. The number of carbonyl (C=O) groups is 1. The molecule has 2 atom stereocenters. The fraction of sp³-hybridized carbons (Fsp3) is 0.333. The second-order valence-corrected chi connectivity index (χ2v) is 6.52. The van der Waals surface area contributed by atoms with Crippen molar-refractivity contribution in [1.82, 2.24) is 0 Å². The van der Waals surface area contributed by atoms with Crippen molar-refractivity contribution in [1.29, 1.82) is 10.5 Å². The van der Waals surface area contributed by atoms with Gasteiger partial charge < -0.3 is 9.74 Å². The molecule has 3 heterocycles. The molecule has 2 aliphatic rings. The minimum atomic E-state index is -4.78. The molecule has 6 nitrogen and oxygen atoms in total. The van der Waals surface area contributed by atoms with Crippen LogP contribution in [-0.4, -0.2) is 30.9 Å². The lowest BCUT2D eigenvalue weighted by Crippen LogP contribution is -2.24. The van der Waals surface area contributed by atoms with Gasteiger partial charge >= 0.3 is 12.1 Å². The number of nitriles is 2. The van der Waals surface area contributed by atoms with E-state index in [1.807, 2.05) is 4.90 Å². The quantitative estimate of drug-likeness (QED) is 0.593. The fourth-order valence-electron chi connectivity index (χ4n) is 2.59. The summed E-state index contributed by atoms with van der Waals surface area (Å²) in [6.07, 6.45) is -3.71. The molecule has 2 aliphatic heterocycles. The Morgan fingerprint density at radius 1 is 1.28 bits per heavy atom. The number of rotatable bonds is 2. The molecule has 1 aromatic rings. The summed E-state index contributed by atoms with van der Waals surface area (Å²) >= 11 is 1.16. The van der Waals surface area contributed by atoms with E-state index in [0.29, 0.717) is 23.0 Å². The highest BCUT2D eigenvalue weighted by Gasteiger charge is 2.45. The van der Waals surface area contributed by atoms with E-state index in [1.54, 1.807) is 12.1 Å². The molecule has 0 radical (unpaired) electrons. The van der Waals surface area contributed by atoms with Gasteiger partial charge in [0, 0.05) is 18.0 Å². The Hall–Kier alpha value is -2.85. The van der Waals surface area contributed by atoms with Gasteiger partial charge in [0.05, 0.1) is 34.5 Å². The smallest absolute Gasteiger partial charge is 0.361 e. The number of hydrogen-bond acceptors (Lipinski definition) is 7. The first kappa shape index (κ1) is 17.0. The van der Waals surface area contributed by atoms with Gasteiger partial charge in [0.15, 0.2) is 5.71 Å². The average molecular weight is 366 g/mol. The van der Waals surface area contributed by atoms with E-state index in [1.165, 1.54) is 0 Å². The molecule has 10 heteroatoms. The van der Waals surface area contributed by atoms with Crippen molar-refractivity contribution in [2.45, 2.75) is 6.18 Å². The van der Waals surface area contributed by atoms with E-state index in [4.69, 9.17) is 10.5 Å². The number of nitrogens with zero attached hydrogens (tertiary/aromatic N) is 4. The maximum atomic E-state index is 12.8. The number of hydrogen-bond donors (Lipinski definition) is 0. The number of alkyl halides is 3. The van der Waals surface area contributed by atoms with Crippen molar-refractivity contribution in [2.24, 2.45) is 17.0 Å². The molecular formula is C15H9F3N4O2S. The standard InChI is InChI=1S/C15H9F3N4O2S/c16-15(17,18)13-11(14(23)24-21-13)3-10-1-2-12(25-10)22-6-8(4-19)9(5-20)7-22/h1-3,8-9H,6-7H2/t8-,9+. The van der Waals surface area contributed by atoms with E-state index >= 15 is 0 Å². The van der Waals surface area contributed by atoms with Crippen LogP contribution in [-0.2, 0) is 9.63 Å². The highest BCUT2D eigenvalue weighted by Crippen LogP contribution is 2.35. The first-order chi connectivity index (χ1) is 11.8. The highest BCUT2D eigenvalue weighted by atomic mass is 32.1. The van der Waals surface area contributed by atoms with Gasteiger partial charge in [-0.2, -0.15) is 23.7 Å². The minimum Gasteiger partial charge on any atom is -0.361 e. The van der Waals surface area contributed by atoms with E-state index in [2.05, 4.69) is 22.1 Å². The summed E-state index contributed by atoms with van der Waals surface area (Å²) in [6, 6.07) is 7.41. The number of halogens is 3. The molecule has 0 spiro atoms. The van der Waals surface area contributed by atoms with Crippen LogP contribution in [0.4, 0.5) is 18.2 Å². The zero-order valence-corrected chi connectivity index (χ0v) is 13.3. The number of anilines is 1. The van der Waals surface area contributed by atoms with Crippen LogP contribution in [0.2, 0.25) is 0 Å². The minimum absolute atomic E-state index is 0.378. The SMILES string of the molecule is N#C[C@@H]1CN(c2ccc(C=C3C(=O)ON=C3C(F)(F)F)s2)C[C@@H]1C#N. The number of oxime groups is 1. The van der Waals surface area contributed by atoms with Crippen molar-refractivity contribution in [2.75, 3.05) is 18.0 Å². The van der Waals surface area contributed by atoms with Crippen molar-refractivity contribution in [3.63, 3.8) is 0 Å². The summed E-state index contributed by atoms with van der Waals surface area (Å²) in [7, 11) is 0. The number of thiophene rings is 1. The van der Waals surface area contributed by atoms with E-state index in [9.17, 15) is 18.0 Å². The van der Waals surface area contributed by atoms with Crippen LogP contribution in [0.1, 0.15) is 4.88 Å². The lowest BCUT2D eigenvalue weighted by Gasteiger charge is -2.14. The van der Waals surface area contributed by atoms with Gasteiger partial charge in [0.1, 0.15) is 0 Å².